The van der Waals surface area contributed by atoms with Crippen LogP contribution in [-0.2, 0) is 10.2 Å². The van der Waals surface area contributed by atoms with Gasteiger partial charge in [-0.05, 0) is 110 Å². The highest BCUT2D eigenvalue weighted by Gasteiger charge is 2.52. The van der Waals surface area contributed by atoms with Crippen LogP contribution in [0, 0.1) is 24.7 Å². The van der Waals surface area contributed by atoms with Crippen LogP contribution in [0.3, 0.4) is 0 Å². The van der Waals surface area contributed by atoms with E-state index in [0.717, 1.165) is 74.2 Å². The van der Waals surface area contributed by atoms with Gasteiger partial charge in [0.05, 0.1) is 0 Å². The number of thiophene rings is 1. The number of carbonyl (C=O) groups is 1. The minimum Gasteiger partial charge on any atom is -0.487 e. The molecule has 4 saturated carbocycles. The molecule has 4 aliphatic rings. The highest BCUT2D eigenvalue weighted by molar-refractivity contribution is 7.20. The Morgan fingerprint density at radius 2 is 1.78 bits per heavy atom. The van der Waals surface area contributed by atoms with Crippen molar-refractivity contribution in [1.29, 1.82) is 0 Å². The van der Waals surface area contributed by atoms with Gasteiger partial charge >= 0.3 is 5.97 Å². The summed E-state index contributed by atoms with van der Waals surface area (Å²) in [4.78, 5) is 12.1. The number of rotatable bonds is 7. The molecule has 0 unspecified atom stereocenters. The first-order chi connectivity index (χ1) is 17.7. The van der Waals surface area contributed by atoms with Gasteiger partial charge in [-0.15, -0.1) is 11.3 Å². The first-order valence-corrected chi connectivity index (χ1v) is 14.0. The second kappa shape index (κ2) is 9.23. The van der Waals surface area contributed by atoms with E-state index in [4.69, 9.17) is 4.74 Å². The number of halogens is 2. The molecular weight excluding hydrogens is 490 g/mol. The molecule has 3 aromatic rings. The van der Waals surface area contributed by atoms with Crippen LogP contribution < -0.4 is 4.74 Å². The lowest BCUT2D eigenvalue weighted by atomic mass is 9.48. The Balaban J connectivity index is 1.53. The molecule has 0 spiro atoms. The Morgan fingerprint density at radius 3 is 2.41 bits per heavy atom. The van der Waals surface area contributed by atoms with Gasteiger partial charge in [0.2, 0.25) is 0 Å². The van der Waals surface area contributed by atoms with Gasteiger partial charge in [-0.2, -0.15) is 0 Å². The van der Waals surface area contributed by atoms with E-state index in [-0.39, 0.29) is 5.41 Å². The normalized spacial score (nSPS) is 26.8. The minimum absolute atomic E-state index is 0.00148. The van der Waals surface area contributed by atoms with E-state index >= 15 is 0 Å². The van der Waals surface area contributed by atoms with Crippen molar-refractivity contribution in [3.8, 4) is 16.9 Å². The molecule has 3 nitrogen and oxygen atoms in total. The lowest BCUT2D eigenvalue weighted by Crippen LogP contribution is -2.48. The van der Waals surface area contributed by atoms with Crippen LogP contribution in [0.1, 0.15) is 61.5 Å². The third kappa shape index (κ3) is 4.47. The predicted molar refractivity (Wildman–Crippen MR) is 145 cm³/mol. The van der Waals surface area contributed by atoms with Crippen LogP contribution >= 0.6 is 11.3 Å². The molecule has 0 saturated heterocycles. The van der Waals surface area contributed by atoms with Gasteiger partial charge in [-0.25, -0.2) is 13.6 Å². The molecule has 0 atom stereocenters. The summed E-state index contributed by atoms with van der Waals surface area (Å²) in [5.74, 6) is 1.82. The number of aliphatic carboxylic acids is 1. The topological polar surface area (TPSA) is 46.5 Å². The Hall–Kier alpha value is -2.73. The van der Waals surface area contributed by atoms with Crippen molar-refractivity contribution in [2.45, 2.75) is 64.2 Å². The average Bonchev–Trinajstić information content (AvgIpc) is 3.26. The second-order valence-electron chi connectivity index (χ2n) is 11.6. The van der Waals surface area contributed by atoms with Gasteiger partial charge in [0.25, 0.3) is 6.43 Å². The van der Waals surface area contributed by atoms with Gasteiger partial charge in [0.15, 0.2) is 0 Å². The summed E-state index contributed by atoms with van der Waals surface area (Å²) in [5, 5.41) is 10.2. The van der Waals surface area contributed by atoms with Crippen LogP contribution in [0.5, 0.6) is 5.75 Å². The van der Waals surface area contributed by atoms with Gasteiger partial charge in [0, 0.05) is 32.2 Å². The Labute approximate surface area is 220 Å². The molecule has 194 valence electrons. The van der Waals surface area contributed by atoms with E-state index in [1.54, 1.807) is 18.3 Å². The zero-order valence-electron chi connectivity index (χ0n) is 21.2. The molecule has 4 bridgehead atoms. The smallest absolute Gasteiger partial charge is 0.328 e. The number of fused-ring (bicyclic) bond motifs is 1. The van der Waals surface area contributed by atoms with E-state index < -0.39 is 19.0 Å². The highest BCUT2D eigenvalue weighted by atomic mass is 32.1. The van der Waals surface area contributed by atoms with Crippen molar-refractivity contribution in [3.05, 3.63) is 58.5 Å². The monoisotopic (exact) mass is 522 g/mol. The van der Waals surface area contributed by atoms with Crippen molar-refractivity contribution in [1.82, 2.24) is 0 Å². The summed E-state index contributed by atoms with van der Waals surface area (Å²) in [6, 6.07) is 12.3. The summed E-state index contributed by atoms with van der Waals surface area (Å²) in [6.45, 7) is 3.26. The fourth-order valence-corrected chi connectivity index (χ4v) is 8.92. The third-order valence-electron chi connectivity index (χ3n) is 8.78. The van der Waals surface area contributed by atoms with Gasteiger partial charge in [-0.1, -0.05) is 18.2 Å². The largest absolute Gasteiger partial charge is 0.487 e. The van der Waals surface area contributed by atoms with Crippen LogP contribution in [0.4, 0.5) is 8.78 Å². The second-order valence-corrected chi connectivity index (χ2v) is 12.7. The van der Waals surface area contributed by atoms with E-state index in [1.807, 2.05) is 24.3 Å². The molecule has 1 heterocycles. The van der Waals surface area contributed by atoms with Crippen LogP contribution in [0.15, 0.2) is 42.5 Å². The lowest BCUT2D eigenvalue weighted by molar-refractivity contribution is -0.131. The molecule has 0 radical (unpaired) electrons. The molecule has 7 rings (SSSR count). The number of aryl methyl sites for hydroxylation is 1. The van der Waals surface area contributed by atoms with Crippen molar-refractivity contribution in [2.75, 3.05) is 6.61 Å². The molecule has 37 heavy (non-hydrogen) atoms. The number of alkyl halides is 2. The summed E-state index contributed by atoms with van der Waals surface area (Å²) in [7, 11) is 0. The maximum Gasteiger partial charge on any atom is 0.328 e. The first-order valence-electron chi connectivity index (χ1n) is 13.2. The Bertz CT molecular complexity index is 1370. The number of hydrogen-bond donors (Lipinski definition) is 1. The average molecular weight is 523 g/mol. The summed E-state index contributed by atoms with van der Waals surface area (Å²) >= 11 is 1.54. The number of allylic oxidation sites excluding steroid dienone is 1. The zero-order chi connectivity index (χ0) is 25.9. The van der Waals surface area contributed by atoms with E-state index in [2.05, 4.69) is 19.1 Å². The van der Waals surface area contributed by atoms with E-state index in [0.29, 0.717) is 11.3 Å². The zero-order valence-corrected chi connectivity index (χ0v) is 22.0. The summed E-state index contributed by atoms with van der Waals surface area (Å²) < 4.78 is 34.1. The Morgan fingerprint density at radius 1 is 1.11 bits per heavy atom. The quantitative estimate of drug-likeness (QED) is 0.317. The van der Waals surface area contributed by atoms with Gasteiger partial charge in [-0.3, -0.25) is 0 Å². The molecule has 6 heteroatoms. The van der Waals surface area contributed by atoms with Crippen LogP contribution in [-0.4, -0.2) is 24.1 Å². The fourth-order valence-electron chi connectivity index (χ4n) is 7.86. The SMILES string of the molecule is CC(=CC(=O)O)c1cc2c(-c3cc(C)cc(C45CC6CC(CC(C6)C4)C5)c3OCC(F)F)cccc2s1. The van der Waals surface area contributed by atoms with Crippen LogP contribution in [0.2, 0.25) is 0 Å². The first kappa shape index (κ1) is 24.6. The molecule has 0 amide bonds. The lowest BCUT2D eigenvalue weighted by Gasteiger charge is -2.57. The minimum atomic E-state index is -2.55. The molecule has 1 N–H and O–H groups in total. The maximum atomic E-state index is 13.5. The van der Waals surface area contributed by atoms with E-state index in [9.17, 15) is 18.7 Å². The molecule has 4 aliphatic carbocycles. The van der Waals surface area contributed by atoms with Crippen molar-refractivity contribution >= 4 is 33.0 Å². The van der Waals surface area contributed by atoms with Crippen LogP contribution in [0.25, 0.3) is 26.8 Å². The van der Waals surface area contributed by atoms with Crippen molar-refractivity contribution in [2.24, 2.45) is 17.8 Å². The maximum absolute atomic E-state index is 13.5. The molecule has 1 aromatic heterocycles. The number of ether oxygens (including phenoxy) is 1. The van der Waals surface area contributed by atoms with Crippen molar-refractivity contribution in [3.63, 3.8) is 0 Å². The Kier molecular flexibility index (Phi) is 6.14. The number of carboxylic acids is 1. The number of benzene rings is 2. The predicted octanol–water partition coefficient (Wildman–Crippen LogP) is 8.48. The number of hydrogen-bond acceptors (Lipinski definition) is 3. The van der Waals surface area contributed by atoms with Gasteiger partial charge in [0.1, 0.15) is 12.4 Å². The molecule has 2 aromatic carbocycles. The van der Waals surface area contributed by atoms with Crippen molar-refractivity contribution < 1.29 is 23.4 Å². The highest BCUT2D eigenvalue weighted by Crippen LogP contribution is 2.62. The summed E-state index contributed by atoms with van der Waals surface area (Å²) in [6.07, 6.45) is 5.98. The molecule has 0 aliphatic heterocycles. The molecular formula is C31H32F2O3S. The third-order valence-corrected chi connectivity index (χ3v) is 10.0. The summed E-state index contributed by atoms with van der Waals surface area (Å²) in [5.41, 5.74) is 4.73. The van der Waals surface area contributed by atoms with E-state index in [1.165, 1.54) is 25.3 Å². The van der Waals surface area contributed by atoms with Gasteiger partial charge < -0.3 is 9.84 Å². The fraction of sp³-hybridized carbons (Fsp3) is 0.452. The standard InChI is InChI=1S/C31H32F2O3S/c1-17-6-24(22-4-3-5-26-23(22)12-27(37-26)18(2)8-29(34)35)30(36-16-28(32)33)25(7-17)31-13-19-9-20(14-31)11-21(10-19)15-31/h3-8,12,19-21,28H,9-11,13-16H2,1-2H3,(H,34,35). The number of carboxylic acid groups (broad SMARTS) is 1. The molecule has 4 fully saturated rings.